The van der Waals surface area contributed by atoms with Crippen LogP contribution in [0, 0.1) is 12.8 Å². The summed E-state index contributed by atoms with van der Waals surface area (Å²) in [4.78, 5) is 36.6. The molecule has 0 radical (unpaired) electrons. The minimum atomic E-state index is -2.23. The van der Waals surface area contributed by atoms with Crippen LogP contribution in [0.25, 0.3) is 10.4 Å². The third-order valence-electron chi connectivity index (χ3n) is 11.2. The van der Waals surface area contributed by atoms with E-state index in [0.29, 0.717) is 43.1 Å². The maximum absolute atomic E-state index is 14.7. The zero-order valence-electron chi connectivity index (χ0n) is 34.0. The van der Waals surface area contributed by atoms with Crippen LogP contribution in [0.2, 0.25) is 36.3 Å². The normalized spacial score (nSPS) is 18.4. The quantitative estimate of drug-likeness (QED) is 0.119. The molecule has 0 saturated carbocycles. The van der Waals surface area contributed by atoms with E-state index in [4.69, 9.17) is 18.1 Å². The van der Waals surface area contributed by atoms with Crippen molar-refractivity contribution >= 4 is 55.7 Å². The number of amides is 2. The van der Waals surface area contributed by atoms with E-state index in [-0.39, 0.29) is 33.9 Å². The fourth-order valence-electron chi connectivity index (χ4n) is 5.96. The third kappa shape index (κ3) is 10.5. The van der Waals surface area contributed by atoms with Crippen molar-refractivity contribution in [1.82, 2.24) is 20.4 Å². The minimum absolute atomic E-state index is 0.0101. The lowest BCUT2D eigenvalue weighted by atomic mass is 9.91. The molecular formula is C39H61BrN4O6SSi2. The average Bonchev–Trinajstić information content (AvgIpc) is 3.81. The van der Waals surface area contributed by atoms with E-state index < -0.39 is 34.6 Å². The van der Waals surface area contributed by atoms with Crippen molar-refractivity contribution in [3.8, 4) is 16.3 Å². The molecule has 1 aliphatic rings. The highest BCUT2D eigenvalue weighted by atomic mass is 79.9. The average molecular weight is 850 g/mol. The number of halogens is 1. The van der Waals surface area contributed by atoms with Gasteiger partial charge in [0.05, 0.1) is 41.4 Å². The first-order valence-corrected chi connectivity index (χ1v) is 26.5. The van der Waals surface area contributed by atoms with Gasteiger partial charge >= 0.3 is 0 Å². The number of nitrogens with one attached hydrogen (secondary N) is 1. The summed E-state index contributed by atoms with van der Waals surface area (Å²) in [5.74, 6) is -0.468. The van der Waals surface area contributed by atoms with E-state index in [1.54, 1.807) is 22.3 Å². The second-order valence-electron chi connectivity index (χ2n) is 17.6. The summed E-state index contributed by atoms with van der Waals surface area (Å²) in [6, 6.07) is 8.78. The lowest BCUT2D eigenvalue weighted by molar-refractivity contribution is -0.141. The van der Waals surface area contributed by atoms with Gasteiger partial charge in [-0.25, -0.2) is 4.98 Å². The standard InChI is InChI=1S/C39H61BrN4O6SSi2/c1-25(2)34(32-21-33(43-49-32)47-19-18-40)37(46)44-22-29(50-53(12,13)39(7,8)9)20-31(44)36(45)42-30(23-48-52(10,11)38(4,5)6)27-14-16-28(17-15-27)35-26(3)41-24-51-35/h14-17,21,24-25,29-31,34H,18-20,22-23H2,1-13H3,(H,42,45)/t29-,30?,31+,34?/m1/s1. The van der Waals surface area contributed by atoms with Crippen molar-refractivity contribution < 1.29 is 27.7 Å². The van der Waals surface area contributed by atoms with Crippen LogP contribution in [0.5, 0.6) is 5.88 Å². The Balaban J connectivity index is 1.68. The predicted octanol–water partition coefficient (Wildman–Crippen LogP) is 9.49. The molecular weight excluding hydrogens is 789 g/mol. The first-order valence-electron chi connectivity index (χ1n) is 18.6. The van der Waals surface area contributed by atoms with Crippen molar-refractivity contribution in [3.05, 3.63) is 52.9 Å². The molecule has 2 unspecified atom stereocenters. The molecule has 1 aromatic carbocycles. The molecule has 10 nitrogen and oxygen atoms in total. The van der Waals surface area contributed by atoms with Crippen molar-refractivity contribution in [1.29, 1.82) is 0 Å². The van der Waals surface area contributed by atoms with Gasteiger partial charge < -0.3 is 28.3 Å². The fourth-order valence-corrected chi connectivity index (χ4v) is 9.30. The number of likely N-dealkylation sites (tertiary alicyclic amines) is 1. The number of carbonyl (C=O) groups is 2. The highest BCUT2D eigenvalue weighted by molar-refractivity contribution is 9.09. The van der Waals surface area contributed by atoms with E-state index in [1.165, 1.54) is 0 Å². The number of aromatic nitrogens is 2. The van der Waals surface area contributed by atoms with Crippen LogP contribution >= 0.6 is 27.3 Å². The lowest BCUT2D eigenvalue weighted by Gasteiger charge is -2.38. The van der Waals surface area contributed by atoms with Gasteiger partial charge in [-0.15, -0.1) is 11.3 Å². The van der Waals surface area contributed by atoms with Crippen LogP contribution in [0.4, 0.5) is 0 Å². The van der Waals surface area contributed by atoms with E-state index in [9.17, 15) is 9.59 Å². The molecule has 3 aromatic rings. The Kier molecular flexibility index (Phi) is 14.1. The number of nitrogens with zero attached hydrogens (tertiary/aromatic N) is 3. The zero-order valence-corrected chi connectivity index (χ0v) is 38.4. The van der Waals surface area contributed by atoms with Crippen LogP contribution < -0.4 is 10.1 Å². The summed E-state index contributed by atoms with van der Waals surface area (Å²) < 4.78 is 25.0. The first kappa shape index (κ1) is 43.4. The van der Waals surface area contributed by atoms with E-state index in [2.05, 4.69) is 123 Å². The molecule has 294 valence electrons. The highest BCUT2D eigenvalue weighted by Gasteiger charge is 2.48. The van der Waals surface area contributed by atoms with Crippen molar-refractivity contribution in [2.24, 2.45) is 5.92 Å². The second kappa shape index (κ2) is 17.2. The third-order valence-corrected chi connectivity index (χ3v) is 21.6. The Morgan fingerprint density at radius 3 is 2.25 bits per heavy atom. The van der Waals surface area contributed by atoms with Crippen LogP contribution in [-0.4, -0.2) is 80.7 Å². The van der Waals surface area contributed by atoms with E-state index in [0.717, 1.165) is 21.7 Å². The zero-order chi connectivity index (χ0) is 39.5. The Hall–Kier alpha value is -2.37. The van der Waals surface area contributed by atoms with Gasteiger partial charge in [0.25, 0.3) is 5.88 Å². The second-order valence-corrected chi connectivity index (χ2v) is 28.8. The summed E-state index contributed by atoms with van der Waals surface area (Å²) in [7, 11) is -4.40. The van der Waals surface area contributed by atoms with Crippen molar-refractivity contribution in [3.63, 3.8) is 0 Å². The van der Waals surface area contributed by atoms with Gasteiger partial charge in [0.2, 0.25) is 11.8 Å². The Morgan fingerprint density at radius 1 is 1.06 bits per heavy atom. The van der Waals surface area contributed by atoms with Crippen LogP contribution in [0.3, 0.4) is 0 Å². The summed E-state index contributed by atoms with van der Waals surface area (Å²) in [6.07, 6.45) is 0.101. The number of alkyl halides is 1. The molecule has 1 aliphatic heterocycles. The van der Waals surface area contributed by atoms with E-state index in [1.807, 2.05) is 26.3 Å². The molecule has 2 amide bonds. The van der Waals surface area contributed by atoms with Gasteiger partial charge in [-0.05, 0) is 65.4 Å². The summed E-state index contributed by atoms with van der Waals surface area (Å²) >= 11 is 4.98. The number of hydrogen-bond acceptors (Lipinski definition) is 9. The maximum Gasteiger partial charge on any atom is 0.254 e. The molecule has 14 heteroatoms. The molecule has 4 rings (SSSR count). The Labute approximate surface area is 331 Å². The number of hydrogen-bond donors (Lipinski definition) is 1. The molecule has 1 fully saturated rings. The van der Waals surface area contributed by atoms with E-state index >= 15 is 0 Å². The molecule has 1 N–H and O–H groups in total. The SMILES string of the molecule is Cc1ncsc1-c1ccc(C(CO[Si](C)(C)C(C)(C)C)NC(=O)[C@@H]2C[C@@H](O[Si](C)(C)C(C)(C)C)CN2C(=O)C(c2cc(OCCBr)no2)C(C)C)cc1. The monoisotopic (exact) mass is 848 g/mol. The predicted molar refractivity (Wildman–Crippen MR) is 222 cm³/mol. The maximum atomic E-state index is 14.7. The molecule has 3 heterocycles. The largest absolute Gasteiger partial charge is 0.475 e. The molecule has 4 atom stereocenters. The van der Waals surface area contributed by atoms with Crippen LogP contribution in [-0.2, 0) is 18.4 Å². The number of thiazole rings is 1. The van der Waals surface area contributed by atoms with Crippen LogP contribution in [0.15, 0.2) is 40.4 Å². The van der Waals surface area contributed by atoms with Gasteiger partial charge in [-0.3, -0.25) is 9.59 Å². The smallest absolute Gasteiger partial charge is 0.254 e. The topological polar surface area (TPSA) is 116 Å². The molecule has 0 spiro atoms. The summed E-state index contributed by atoms with van der Waals surface area (Å²) in [5, 5.41) is 8.01. The summed E-state index contributed by atoms with van der Waals surface area (Å²) in [6.45, 7) is 29.1. The summed E-state index contributed by atoms with van der Waals surface area (Å²) in [5.41, 5.74) is 4.86. The van der Waals surface area contributed by atoms with Gasteiger partial charge in [0.15, 0.2) is 22.4 Å². The number of aryl methyl sites for hydroxylation is 1. The van der Waals surface area contributed by atoms with Crippen molar-refractivity contribution in [2.45, 2.75) is 129 Å². The Bertz CT molecular complexity index is 1680. The highest BCUT2D eigenvalue weighted by Crippen LogP contribution is 2.41. The Morgan fingerprint density at radius 2 is 1.70 bits per heavy atom. The molecule has 0 bridgehead atoms. The van der Waals surface area contributed by atoms with Crippen LogP contribution in [0.1, 0.15) is 90.8 Å². The van der Waals surface area contributed by atoms with Crippen molar-refractivity contribution in [2.75, 3.05) is 25.1 Å². The number of benzene rings is 1. The molecule has 1 saturated heterocycles. The molecule has 0 aliphatic carbocycles. The minimum Gasteiger partial charge on any atom is -0.475 e. The van der Waals surface area contributed by atoms with Gasteiger partial charge in [-0.2, -0.15) is 0 Å². The molecule has 53 heavy (non-hydrogen) atoms. The fraction of sp³-hybridized carbons (Fsp3) is 0.641. The lowest BCUT2D eigenvalue weighted by Crippen LogP contribution is -2.50. The van der Waals surface area contributed by atoms with Gasteiger partial charge in [-0.1, -0.05) is 95.6 Å². The molecule has 2 aromatic heterocycles. The van der Waals surface area contributed by atoms with Gasteiger partial charge in [0, 0.05) is 24.4 Å². The number of carbonyl (C=O) groups excluding carboxylic acids is 2. The first-order chi connectivity index (χ1) is 24.6. The number of rotatable bonds is 15. The number of ether oxygens (including phenoxy) is 1. The van der Waals surface area contributed by atoms with Gasteiger partial charge in [0.1, 0.15) is 12.0 Å².